The molecule has 1 aliphatic rings. The van der Waals surface area contributed by atoms with Gasteiger partial charge in [-0.3, -0.25) is 9.48 Å². The number of likely N-dealkylation sites (N-methyl/N-ethyl adjacent to an activating group) is 1. The average molecular weight is 419 g/mol. The first-order valence-corrected chi connectivity index (χ1v) is 9.33. The van der Waals surface area contributed by atoms with Crippen molar-refractivity contribution in [1.82, 2.24) is 14.7 Å². The van der Waals surface area contributed by atoms with E-state index in [1.807, 2.05) is 31.2 Å². The number of aryl methyl sites for hydroxylation is 1. The summed E-state index contributed by atoms with van der Waals surface area (Å²) >= 11 is 0. The molecule has 0 saturated heterocycles. The summed E-state index contributed by atoms with van der Waals surface area (Å²) in [7, 11) is 2.98. The van der Waals surface area contributed by atoms with Crippen LogP contribution in [-0.2, 0) is 21.6 Å². The Labute approximate surface area is 172 Å². The van der Waals surface area contributed by atoms with Gasteiger partial charge in [-0.1, -0.05) is 29.4 Å². The summed E-state index contributed by atoms with van der Waals surface area (Å²) in [5.74, 6) is -1.34. The Morgan fingerprint density at radius 1 is 1.33 bits per heavy atom. The SMILES string of the molecule is Cc1ccccc1C1(/C(N)=N/OC(=O)c2cc(C(F)F)n(CC(=O)N(C)C)n2)CC1. The van der Waals surface area contributed by atoms with Gasteiger partial charge in [0.1, 0.15) is 12.2 Å². The minimum atomic E-state index is -2.92. The van der Waals surface area contributed by atoms with Gasteiger partial charge in [0.05, 0.1) is 5.41 Å². The maximum absolute atomic E-state index is 13.3. The summed E-state index contributed by atoms with van der Waals surface area (Å²) in [5.41, 5.74) is 6.72. The standard InChI is InChI=1S/C20H23F2N5O3/c1-12-6-4-5-7-13(12)20(8-9-20)19(23)25-30-18(29)14-10-15(17(21)22)27(24-14)11-16(28)26(2)3/h4-7,10,17H,8-9,11H2,1-3H3,(H2,23,25). The first-order chi connectivity index (χ1) is 14.2. The van der Waals surface area contributed by atoms with E-state index in [2.05, 4.69) is 10.3 Å². The Kier molecular flexibility index (Phi) is 5.86. The molecule has 3 rings (SSSR count). The quantitative estimate of drug-likeness (QED) is 0.321. The van der Waals surface area contributed by atoms with Gasteiger partial charge in [-0.2, -0.15) is 5.10 Å². The molecule has 0 bridgehead atoms. The molecule has 1 amide bonds. The maximum Gasteiger partial charge on any atom is 0.385 e. The van der Waals surface area contributed by atoms with E-state index in [1.165, 1.54) is 19.0 Å². The molecule has 1 heterocycles. The maximum atomic E-state index is 13.3. The molecule has 160 valence electrons. The Hall–Kier alpha value is -3.30. The van der Waals surface area contributed by atoms with Gasteiger partial charge in [-0.05, 0) is 30.9 Å². The minimum absolute atomic E-state index is 0.140. The van der Waals surface area contributed by atoms with Crippen LogP contribution in [0.25, 0.3) is 0 Å². The summed E-state index contributed by atoms with van der Waals surface area (Å²) in [4.78, 5) is 30.3. The number of nitrogens with two attached hydrogens (primary N) is 1. The van der Waals surface area contributed by atoms with E-state index < -0.39 is 36.0 Å². The summed E-state index contributed by atoms with van der Waals surface area (Å²) in [6.07, 6.45) is -1.39. The van der Waals surface area contributed by atoms with Crippen LogP contribution < -0.4 is 5.73 Å². The molecule has 8 nitrogen and oxygen atoms in total. The zero-order valence-electron chi connectivity index (χ0n) is 16.9. The largest absolute Gasteiger partial charge is 0.385 e. The smallest absolute Gasteiger partial charge is 0.384 e. The topological polar surface area (TPSA) is 103 Å². The highest BCUT2D eigenvalue weighted by Crippen LogP contribution is 2.49. The lowest BCUT2D eigenvalue weighted by atomic mass is 9.91. The molecule has 1 saturated carbocycles. The zero-order chi connectivity index (χ0) is 22.1. The lowest BCUT2D eigenvalue weighted by Gasteiger charge is -2.16. The van der Waals surface area contributed by atoms with Crippen LogP contribution >= 0.6 is 0 Å². The number of hydrogen-bond acceptors (Lipinski definition) is 5. The van der Waals surface area contributed by atoms with E-state index in [0.29, 0.717) is 0 Å². The highest BCUT2D eigenvalue weighted by Gasteiger charge is 2.49. The van der Waals surface area contributed by atoms with Gasteiger partial charge in [0.25, 0.3) is 6.43 Å². The first-order valence-electron chi connectivity index (χ1n) is 9.33. The summed E-state index contributed by atoms with van der Waals surface area (Å²) < 4.78 is 27.3. The van der Waals surface area contributed by atoms with Gasteiger partial charge < -0.3 is 15.5 Å². The van der Waals surface area contributed by atoms with Crippen molar-refractivity contribution in [2.45, 2.75) is 38.2 Å². The third-order valence-corrected chi connectivity index (χ3v) is 5.16. The van der Waals surface area contributed by atoms with Crippen LogP contribution in [0.2, 0.25) is 0 Å². The van der Waals surface area contributed by atoms with Crippen molar-refractivity contribution in [1.29, 1.82) is 0 Å². The summed E-state index contributed by atoms with van der Waals surface area (Å²) in [5, 5.41) is 7.54. The second-order valence-electron chi connectivity index (χ2n) is 7.45. The van der Waals surface area contributed by atoms with E-state index >= 15 is 0 Å². The Morgan fingerprint density at radius 2 is 2.00 bits per heavy atom. The number of nitrogens with zero attached hydrogens (tertiary/aromatic N) is 4. The van der Waals surface area contributed by atoms with Crippen LogP contribution in [0.3, 0.4) is 0 Å². The van der Waals surface area contributed by atoms with E-state index in [4.69, 9.17) is 10.6 Å². The molecular weight excluding hydrogens is 396 g/mol. The number of amides is 1. The number of hydrogen-bond donors (Lipinski definition) is 1. The molecule has 30 heavy (non-hydrogen) atoms. The fraction of sp³-hybridized carbons (Fsp3) is 0.400. The van der Waals surface area contributed by atoms with Crippen molar-refractivity contribution in [3.63, 3.8) is 0 Å². The van der Waals surface area contributed by atoms with Crippen LogP contribution in [-0.4, -0.2) is 46.5 Å². The molecule has 2 aromatic rings. The number of alkyl halides is 2. The molecule has 10 heteroatoms. The number of carbonyl (C=O) groups is 2. The van der Waals surface area contributed by atoms with Gasteiger partial charge in [0.2, 0.25) is 5.91 Å². The number of aromatic nitrogens is 2. The highest BCUT2D eigenvalue weighted by molar-refractivity contribution is 5.95. The third kappa shape index (κ3) is 4.17. The number of carbonyl (C=O) groups excluding carboxylic acids is 2. The van der Waals surface area contributed by atoms with Crippen molar-refractivity contribution in [3.05, 3.63) is 52.8 Å². The molecular formula is C20H23F2N5O3. The van der Waals surface area contributed by atoms with Crippen LogP contribution in [0.4, 0.5) is 8.78 Å². The average Bonchev–Trinajstić information content (AvgIpc) is 3.39. The second kappa shape index (κ2) is 8.21. The van der Waals surface area contributed by atoms with E-state index in [0.717, 1.165) is 34.7 Å². The predicted molar refractivity (Wildman–Crippen MR) is 105 cm³/mol. The second-order valence-corrected chi connectivity index (χ2v) is 7.45. The van der Waals surface area contributed by atoms with Gasteiger partial charge in [-0.15, -0.1) is 0 Å². The predicted octanol–water partition coefficient (Wildman–Crippen LogP) is 2.38. The molecule has 0 spiro atoms. The van der Waals surface area contributed by atoms with Crippen molar-refractivity contribution in [2.75, 3.05) is 14.1 Å². The Balaban J connectivity index is 1.78. The first kappa shape index (κ1) is 21.4. The molecule has 1 aromatic heterocycles. The molecule has 1 aromatic carbocycles. The van der Waals surface area contributed by atoms with Crippen LogP contribution in [0.5, 0.6) is 0 Å². The lowest BCUT2D eigenvalue weighted by Crippen LogP contribution is -2.30. The van der Waals surface area contributed by atoms with Crippen LogP contribution in [0.15, 0.2) is 35.5 Å². The minimum Gasteiger partial charge on any atom is -0.384 e. The van der Waals surface area contributed by atoms with E-state index in [1.54, 1.807) is 0 Å². The summed E-state index contributed by atoms with van der Waals surface area (Å²) in [6, 6.07) is 8.61. The molecule has 2 N–H and O–H groups in total. The normalized spacial score (nSPS) is 15.2. The monoisotopic (exact) mass is 419 g/mol. The Bertz CT molecular complexity index is 996. The molecule has 1 fully saturated rings. The number of benzene rings is 1. The summed E-state index contributed by atoms with van der Waals surface area (Å²) in [6.45, 7) is 1.53. The van der Waals surface area contributed by atoms with Gasteiger partial charge in [0.15, 0.2) is 11.5 Å². The van der Waals surface area contributed by atoms with Gasteiger partial charge in [-0.25, -0.2) is 13.6 Å². The van der Waals surface area contributed by atoms with Gasteiger partial charge in [0, 0.05) is 20.2 Å². The lowest BCUT2D eigenvalue weighted by molar-refractivity contribution is -0.129. The number of amidine groups is 1. The van der Waals surface area contributed by atoms with E-state index in [-0.39, 0.29) is 11.5 Å². The molecule has 0 atom stereocenters. The number of rotatable bonds is 7. The highest BCUT2D eigenvalue weighted by atomic mass is 19.3. The fourth-order valence-corrected chi connectivity index (χ4v) is 3.23. The van der Waals surface area contributed by atoms with E-state index in [9.17, 15) is 18.4 Å². The van der Waals surface area contributed by atoms with Crippen LogP contribution in [0.1, 0.15) is 46.6 Å². The number of oxime groups is 1. The zero-order valence-corrected chi connectivity index (χ0v) is 16.9. The molecule has 0 aliphatic heterocycles. The molecule has 0 radical (unpaired) electrons. The van der Waals surface area contributed by atoms with Gasteiger partial charge >= 0.3 is 5.97 Å². The van der Waals surface area contributed by atoms with Crippen molar-refractivity contribution in [3.8, 4) is 0 Å². The van der Waals surface area contributed by atoms with Crippen molar-refractivity contribution < 1.29 is 23.2 Å². The van der Waals surface area contributed by atoms with Crippen LogP contribution in [0, 0.1) is 6.92 Å². The molecule has 0 unspecified atom stereocenters. The third-order valence-electron chi connectivity index (χ3n) is 5.16. The number of halogens is 2. The Morgan fingerprint density at radius 3 is 2.57 bits per heavy atom. The fourth-order valence-electron chi connectivity index (χ4n) is 3.23. The molecule has 1 aliphatic carbocycles. The van der Waals surface area contributed by atoms with Crippen molar-refractivity contribution in [2.24, 2.45) is 10.9 Å². The van der Waals surface area contributed by atoms with Crippen molar-refractivity contribution >= 4 is 17.7 Å².